The van der Waals surface area contributed by atoms with Gasteiger partial charge in [-0.1, -0.05) is 31.2 Å². The van der Waals surface area contributed by atoms with Crippen LogP contribution in [0.4, 0.5) is 11.4 Å². The molecule has 1 heterocycles. The maximum Gasteiger partial charge on any atom is 0.265 e. The number of rotatable bonds is 6. The summed E-state index contributed by atoms with van der Waals surface area (Å²) in [6.45, 7) is 4.19. The van der Waals surface area contributed by atoms with Crippen LogP contribution in [-0.2, 0) is 21.2 Å². The van der Waals surface area contributed by atoms with E-state index in [0.717, 1.165) is 17.5 Å². The highest BCUT2D eigenvalue weighted by Gasteiger charge is 2.35. The quantitative estimate of drug-likeness (QED) is 0.619. The van der Waals surface area contributed by atoms with Gasteiger partial charge in [0.2, 0.25) is 5.91 Å². The molecule has 4 rings (SSSR count). The average Bonchev–Trinajstić information content (AvgIpc) is 2.78. The molecule has 0 saturated carbocycles. The molecule has 0 unspecified atom stereocenters. The van der Waals surface area contributed by atoms with Crippen molar-refractivity contribution in [3.8, 4) is 16.9 Å². The Kier molecular flexibility index (Phi) is 5.69. The first kappa shape index (κ1) is 20.9. The molecule has 160 valence electrons. The molecular weight excluding hydrogens is 412 g/mol. The van der Waals surface area contributed by atoms with Crippen LogP contribution >= 0.6 is 0 Å². The number of nitrogens with zero attached hydrogens (tertiary/aromatic N) is 1. The van der Waals surface area contributed by atoms with Crippen molar-refractivity contribution in [2.24, 2.45) is 0 Å². The SMILES string of the molecule is CCOc1ccc(NC(=O)CN2c3ccc(CC)cc3-c3ccccc3S2(=O)=O)cc1. The second-order valence-corrected chi connectivity index (χ2v) is 9.05. The number of nitrogens with one attached hydrogen (secondary N) is 1. The summed E-state index contributed by atoms with van der Waals surface area (Å²) in [5.74, 6) is 0.286. The fourth-order valence-corrected chi connectivity index (χ4v) is 5.35. The number of hydrogen-bond donors (Lipinski definition) is 1. The maximum absolute atomic E-state index is 13.4. The Balaban J connectivity index is 1.65. The lowest BCUT2D eigenvalue weighted by Crippen LogP contribution is -2.40. The largest absolute Gasteiger partial charge is 0.494 e. The topological polar surface area (TPSA) is 75.7 Å². The zero-order valence-corrected chi connectivity index (χ0v) is 18.3. The lowest BCUT2D eigenvalue weighted by molar-refractivity contribution is -0.114. The lowest BCUT2D eigenvalue weighted by atomic mass is 9.99. The minimum absolute atomic E-state index is 0.213. The van der Waals surface area contributed by atoms with E-state index in [2.05, 4.69) is 12.2 Å². The summed E-state index contributed by atoms with van der Waals surface area (Å²) in [6, 6.07) is 19.6. The number of carbonyl (C=O) groups is 1. The molecule has 0 fully saturated rings. The number of hydrogen-bond acceptors (Lipinski definition) is 4. The zero-order valence-electron chi connectivity index (χ0n) is 17.5. The molecule has 3 aromatic carbocycles. The van der Waals surface area contributed by atoms with Gasteiger partial charge in [0.25, 0.3) is 10.0 Å². The van der Waals surface area contributed by atoms with E-state index >= 15 is 0 Å². The Morgan fingerprint density at radius 2 is 1.71 bits per heavy atom. The van der Waals surface area contributed by atoms with Crippen molar-refractivity contribution in [1.82, 2.24) is 0 Å². The predicted octanol–water partition coefficient (Wildman–Crippen LogP) is 4.46. The molecule has 1 aliphatic rings. The monoisotopic (exact) mass is 436 g/mol. The predicted molar refractivity (Wildman–Crippen MR) is 122 cm³/mol. The van der Waals surface area contributed by atoms with Crippen molar-refractivity contribution in [3.63, 3.8) is 0 Å². The maximum atomic E-state index is 13.4. The molecule has 1 N–H and O–H groups in total. The van der Waals surface area contributed by atoms with Gasteiger partial charge >= 0.3 is 0 Å². The summed E-state index contributed by atoms with van der Waals surface area (Å²) in [5.41, 5.74) is 3.67. The van der Waals surface area contributed by atoms with E-state index < -0.39 is 15.9 Å². The minimum atomic E-state index is -3.86. The third kappa shape index (κ3) is 4.01. The van der Waals surface area contributed by atoms with Crippen LogP contribution in [0.5, 0.6) is 5.75 Å². The summed E-state index contributed by atoms with van der Waals surface area (Å²) in [4.78, 5) is 13.0. The fraction of sp³-hybridized carbons (Fsp3) is 0.208. The van der Waals surface area contributed by atoms with Crippen LogP contribution in [0, 0.1) is 0 Å². The molecular formula is C24H24N2O4S. The number of anilines is 2. The van der Waals surface area contributed by atoms with Crippen molar-refractivity contribution < 1.29 is 17.9 Å². The summed E-state index contributed by atoms with van der Waals surface area (Å²) >= 11 is 0. The smallest absolute Gasteiger partial charge is 0.265 e. The van der Waals surface area contributed by atoms with Gasteiger partial charge in [0.1, 0.15) is 12.3 Å². The summed E-state index contributed by atoms with van der Waals surface area (Å²) < 4.78 is 33.3. The molecule has 31 heavy (non-hydrogen) atoms. The lowest BCUT2D eigenvalue weighted by Gasteiger charge is -2.32. The van der Waals surface area contributed by atoms with Gasteiger partial charge in [0.15, 0.2) is 0 Å². The molecule has 3 aromatic rings. The van der Waals surface area contributed by atoms with E-state index in [-0.39, 0.29) is 11.4 Å². The van der Waals surface area contributed by atoms with Crippen LogP contribution in [0.25, 0.3) is 11.1 Å². The molecule has 0 spiro atoms. The Labute approximate surface area is 182 Å². The summed E-state index contributed by atoms with van der Waals surface area (Å²) in [5, 5.41) is 2.77. The molecule has 0 aromatic heterocycles. The number of ether oxygens (including phenoxy) is 1. The average molecular weight is 437 g/mol. The van der Waals surface area contributed by atoms with Gasteiger partial charge in [0, 0.05) is 16.8 Å². The standard InChI is InChI=1S/C24H24N2O4S/c1-3-17-9-14-22-21(15-17)20-7-5-6-8-23(20)31(28,29)26(22)16-24(27)25-18-10-12-19(13-11-18)30-4-2/h5-15H,3-4,16H2,1-2H3,(H,25,27). The van der Waals surface area contributed by atoms with E-state index in [4.69, 9.17) is 4.74 Å². The van der Waals surface area contributed by atoms with Crippen molar-refractivity contribution >= 4 is 27.3 Å². The molecule has 1 aliphatic heterocycles. The molecule has 0 saturated heterocycles. The number of sulfonamides is 1. The van der Waals surface area contributed by atoms with Gasteiger partial charge in [-0.25, -0.2) is 8.42 Å². The highest BCUT2D eigenvalue weighted by Crippen LogP contribution is 2.43. The number of amides is 1. The number of aryl methyl sites for hydroxylation is 1. The minimum Gasteiger partial charge on any atom is -0.494 e. The Morgan fingerprint density at radius 1 is 0.968 bits per heavy atom. The third-order valence-corrected chi connectivity index (χ3v) is 7.04. The van der Waals surface area contributed by atoms with E-state index in [1.807, 2.05) is 31.2 Å². The van der Waals surface area contributed by atoms with Crippen LogP contribution in [0.2, 0.25) is 0 Å². The highest BCUT2D eigenvalue weighted by atomic mass is 32.2. The molecule has 0 aliphatic carbocycles. The fourth-order valence-electron chi connectivity index (χ4n) is 3.70. The second-order valence-electron chi connectivity index (χ2n) is 7.22. The Morgan fingerprint density at radius 3 is 2.42 bits per heavy atom. The second kappa shape index (κ2) is 8.43. The van der Waals surface area contributed by atoms with E-state index in [1.165, 1.54) is 4.31 Å². The molecule has 6 nitrogen and oxygen atoms in total. The van der Waals surface area contributed by atoms with Gasteiger partial charge < -0.3 is 10.1 Å². The van der Waals surface area contributed by atoms with Crippen molar-refractivity contribution in [3.05, 3.63) is 72.3 Å². The molecule has 0 radical (unpaired) electrons. The number of carbonyl (C=O) groups excluding carboxylic acids is 1. The first-order valence-electron chi connectivity index (χ1n) is 10.2. The first-order chi connectivity index (χ1) is 14.9. The van der Waals surface area contributed by atoms with Crippen LogP contribution in [-0.4, -0.2) is 27.5 Å². The van der Waals surface area contributed by atoms with Gasteiger partial charge in [-0.05, 0) is 61.4 Å². The van der Waals surface area contributed by atoms with Gasteiger partial charge in [0.05, 0.1) is 17.2 Å². The van der Waals surface area contributed by atoms with E-state index in [0.29, 0.717) is 29.3 Å². The van der Waals surface area contributed by atoms with Crippen LogP contribution in [0.3, 0.4) is 0 Å². The van der Waals surface area contributed by atoms with Crippen LogP contribution in [0.15, 0.2) is 71.6 Å². The van der Waals surface area contributed by atoms with Gasteiger partial charge in [-0.3, -0.25) is 9.10 Å². The van der Waals surface area contributed by atoms with Crippen molar-refractivity contribution in [2.75, 3.05) is 22.8 Å². The first-order valence-corrected chi connectivity index (χ1v) is 11.7. The van der Waals surface area contributed by atoms with Crippen molar-refractivity contribution in [2.45, 2.75) is 25.2 Å². The van der Waals surface area contributed by atoms with E-state index in [1.54, 1.807) is 42.5 Å². The number of benzene rings is 3. The summed E-state index contributed by atoms with van der Waals surface area (Å²) in [7, 11) is -3.86. The Bertz CT molecular complexity index is 1220. The van der Waals surface area contributed by atoms with Crippen molar-refractivity contribution in [1.29, 1.82) is 0 Å². The van der Waals surface area contributed by atoms with Crippen LogP contribution in [0.1, 0.15) is 19.4 Å². The third-order valence-electron chi connectivity index (χ3n) is 5.22. The van der Waals surface area contributed by atoms with Gasteiger partial charge in [-0.2, -0.15) is 0 Å². The molecule has 7 heteroatoms. The Hall–Kier alpha value is -3.32. The van der Waals surface area contributed by atoms with Gasteiger partial charge in [-0.15, -0.1) is 0 Å². The molecule has 1 amide bonds. The normalized spacial score (nSPS) is 13.8. The zero-order chi connectivity index (χ0) is 22.0. The number of fused-ring (bicyclic) bond motifs is 3. The molecule has 0 atom stereocenters. The molecule has 0 bridgehead atoms. The van der Waals surface area contributed by atoms with Crippen LogP contribution < -0.4 is 14.4 Å². The van der Waals surface area contributed by atoms with E-state index in [9.17, 15) is 13.2 Å². The summed E-state index contributed by atoms with van der Waals surface area (Å²) in [6.07, 6.45) is 0.834. The highest BCUT2D eigenvalue weighted by molar-refractivity contribution is 7.93.